The van der Waals surface area contributed by atoms with Gasteiger partial charge in [-0.15, -0.1) is 0 Å². The summed E-state index contributed by atoms with van der Waals surface area (Å²) in [5.41, 5.74) is 12.8. The summed E-state index contributed by atoms with van der Waals surface area (Å²) in [6.07, 6.45) is 0. The van der Waals surface area contributed by atoms with E-state index < -0.39 is 9.07 Å². The summed E-state index contributed by atoms with van der Waals surface area (Å²) < 4.78 is 19.1. The van der Waals surface area contributed by atoms with E-state index in [-0.39, 0.29) is 0 Å². The Morgan fingerprint density at radius 1 is 0.431 bits per heavy atom. The van der Waals surface area contributed by atoms with Crippen LogP contribution in [-0.2, 0) is 9.07 Å². The molecule has 0 amide bonds. The van der Waals surface area contributed by atoms with E-state index in [1.54, 1.807) is 0 Å². The van der Waals surface area contributed by atoms with Crippen LogP contribution in [0.3, 0.4) is 0 Å². The Morgan fingerprint density at radius 2 is 0.902 bits per heavy atom. The highest BCUT2D eigenvalue weighted by Crippen LogP contribution is 2.71. The molecule has 10 rings (SSSR count). The molecule has 0 saturated carbocycles. The molecule has 248 valence electrons. The first-order valence-electron chi connectivity index (χ1n) is 18.1. The van der Waals surface area contributed by atoms with E-state index in [1.807, 2.05) is 18.2 Å². The Morgan fingerprint density at radius 3 is 1.43 bits per heavy atom. The zero-order valence-corrected chi connectivity index (χ0v) is 30.2. The SMILES string of the molecule is CC(C)c1ccc2c(c1)c1cc(C(C)C)ccc1n2-c1cccc(-c2ccc3c(c2)-c2ccccc2S32(=O)c3ccccc3-c3ccccc32)c1. The van der Waals surface area contributed by atoms with E-state index in [2.05, 4.69) is 166 Å². The Bertz CT molecular complexity index is 2720. The maximum Gasteiger partial charge on any atom is 0.0541 e. The molecule has 7 aromatic carbocycles. The van der Waals surface area contributed by atoms with Crippen LogP contribution in [0.1, 0.15) is 50.7 Å². The molecule has 2 aliphatic rings. The van der Waals surface area contributed by atoms with Crippen molar-refractivity contribution >= 4 is 30.9 Å². The van der Waals surface area contributed by atoms with Gasteiger partial charge in [-0.05, 0) is 123 Å². The fourth-order valence-corrected chi connectivity index (χ4v) is 14.1. The van der Waals surface area contributed by atoms with Crippen molar-refractivity contribution < 1.29 is 4.21 Å². The molecule has 0 bridgehead atoms. The van der Waals surface area contributed by atoms with Gasteiger partial charge in [-0.1, -0.05) is 113 Å². The normalized spacial score (nSPS) is 15.5. The van der Waals surface area contributed by atoms with E-state index >= 15 is 4.21 Å². The van der Waals surface area contributed by atoms with Crippen LogP contribution in [0, 0.1) is 0 Å². The minimum Gasteiger partial charge on any atom is -0.309 e. The van der Waals surface area contributed by atoms with E-state index in [0.717, 1.165) is 58.7 Å². The highest BCUT2D eigenvalue weighted by molar-refractivity contribution is 8.21. The van der Waals surface area contributed by atoms with Crippen molar-refractivity contribution in [3.05, 3.63) is 163 Å². The zero-order valence-electron chi connectivity index (χ0n) is 29.4. The molecule has 0 radical (unpaired) electrons. The monoisotopic (exact) mass is 677 g/mol. The van der Waals surface area contributed by atoms with Crippen LogP contribution in [0.4, 0.5) is 0 Å². The fourth-order valence-electron chi connectivity index (χ4n) is 8.94. The second-order valence-electron chi connectivity index (χ2n) is 14.9. The number of benzene rings is 7. The van der Waals surface area contributed by atoms with Gasteiger partial charge in [-0.2, -0.15) is 0 Å². The lowest BCUT2D eigenvalue weighted by Gasteiger charge is -2.38. The van der Waals surface area contributed by atoms with Crippen molar-refractivity contribution in [1.29, 1.82) is 0 Å². The lowest BCUT2D eigenvalue weighted by molar-refractivity contribution is 0.658. The molecule has 0 unspecified atom stereocenters. The number of fused-ring (bicyclic) bond motifs is 13. The molecule has 3 heteroatoms. The minimum atomic E-state index is -3.84. The largest absolute Gasteiger partial charge is 0.309 e. The maximum atomic E-state index is 16.7. The first kappa shape index (κ1) is 30.3. The number of hydrogen-bond acceptors (Lipinski definition) is 1. The molecular formula is C48H39NOS. The van der Waals surface area contributed by atoms with Gasteiger partial charge in [0, 0.05) is 45.1 Å². The second kappa shape index (κ2) is 10.5. The second-order valence-corrected chi connectivity index (χ2v) is 18.5. The van der Waals surface area contributed by atoms with Gasteiger partial charge >= 0.3 is 0 Å². The number of rotatable bonds is 4. The van der Waals surface area contributed by atoms with E-state index in [9.17, 15) is 0 Å². The third-order valence-corrected chi connectivity index (χ3v) is 16.3. The van der Waals surface area contributed by atoms with Crippen LogP contribution in [0.5, 0.6) is 0 Å². The van der Waals surface area contributed by atoms with Crippen LogP contribution < -0.4 is 0 Å². The molecule has 1 spiro atoms. The Hall–Kier alpha value is -5.51. The Balaban J connectivity index is 1.19. The topological polar surface area (TPSA) is 22.0 Å². The molecule has 2 aliphatic heterocycles. The average Bonchev–Trinajstić information content (AvgIpc) is 3.71. The third-order valence-electron chi connectivity index (χ3n) is 11.5. The molecule has 0 N–H and O–H groups in total. The van der Waals surface area contributed by atoms with Gasteiger partial charge in [0.15, 0.2) is 0 Å². The number of nitrogens with zero attached hydrogens (tertiary/aromatic N) is 1. The first-order valence-corrected chi connectivity index (χ1v) is 20.0. The molecule has 0 atom stereocenters. The van der Waals surface area contributed by atoms with Crippen LogP contribution in [0.15, 0.2) is 171 Å². The first-order chi connectivity index (χ1) is 24.8. The predicted octanol–water partition coefficient (Wildman–Crippen LogP) is 13.0. The average molecular weight is 678 g/mol. The summed E-state index contributed by atoms with van der Waals surface area (Å²) in [7, 11) is -3.84. The molecule has 0 aliphatic carbocycles. The van der Waals surface area contributed by atoms with Crippen LogP contribution >= 0.6 is 0 Å². The lowest BCUT2D eigenvalue weighted by atomic mass is 9.98. The molecule has 0 saturated heterocycles. The van der Waals surface area contributed by atoms with Crippen LogP contribution in [0.25, 0.3) is 60.9 Å². The summed E-state index contributed by atoms with van der Waals surface area (Å²) in [6, 6.07) is 54.5. The summed E-state index contributed by atoms with van der Waals surface area (Å²) >= 11 is 0. The predicted molar refractivity (Wildman–Crippen MR) is 213 cm³/mol. The third kappa shape index (κ3) is 3.85. The number of aromatic nitrogens is 1. The molecular weight excluding hydrogens is 639 g/mol. The molecule has 2 nitrogen and oxygen atoms in total. The highest BCUT2D eigenvalue weighted by atomic mass is 32.3. The van der Waals surface area contributed by atoms with Gasteiger partial charge in [0.2, 0.25) is 0 Å². The molecule has 3 heterocycles. The Kier molecular flexibility index (Phi) is 6.25. The van der Waals surface area contributed by atoms with E-state index in [1.165, 1.54) is 32.9 Å². The Labute approximate surface area is 299 Å². The summed E-state index contributed by atoms with van der Waals surface area (Å²) in [6.45, 7) is 9.06. The number of hydrogen-bond donors (Lipinski definition) is 0. The quantitative estimate of drug-likeness (QED) is 0.182. The van der Waals surface area contributed by atoms with E-state index in [0.29, 0.717) is 11.8 Å². The molecule has 51 heavy (non-hydrogen) atoms. The maximum absolute atomic E-state index is 16.7. The molecule has 0 fully saturated rings. The standard InChI is InChI=1S/C48H39NOS/c1-30(2)32-20-23-43-40(27-32)41-28-33(31(3)4)21-24-44(41)49(43)36-13-11-12-34(26-36)35-22-25-48-42(29-35)39-16-7-10-19-47(39)51(48,50)45-17-8-5-14-37(45)38-15-6-9-18-46(38)51/h5-31H,1-4H3. The van der Waals surface area contributed by atoms with Crippen LogP contribution in [-0.4, -0.2) is 8.78 Å². The van der Waals surface area contributed by atoms with Gasteiger partial charge < -0.3 is 4.57 Å². The molecule has 8 aromatic rings. The van der Waals surface area contributed by atoms with Crippen molar-refractivity contribution in [2.75, 3.05) is 0 Å². The van der Waals surface area contributed by atoms with Crippen LogP contribution in [0.2, 0.25) is 0 Å². The van der Waals surface area contributed by atoms with Gasteiger partial charge in [0.25, 0.3) is 0 Å². The highest BCUT2D eigenvalue weighted by Gasteiger charge is 2.57. The smallest absolute Gasteiger partial charge is 0.0541 e. The van der Waals surface area contributed by atoms with Crippen molar-refractivity contribution in [3.63, 3.8) is 0 Å². The van der Waals surface area contributed by atoms with Gasteiger partial charge in [0.1, 0.15) is 0 Å². The summed E-state index contributed by atoms with van der Waals surface area (Å²) in [4.78, 5) is 3.67. The zero-order chi connectivity index (χ0) is 34.7. The van der Waals surface area contributed by atoms with Crippen molar-refractivity contribution in [1.82, 2.24) is 4.57 Å². The van der Waals surface area contributed by atoms with Crippen molar-refractivity contribution in [3.8, 4) is 39.1 Å². The van der Waals surface area contributed by atoms with Gasteiger partial charge in [-0.25, -0.2) is 0 Å². The minimum absolute atomic E-state index is 0.454. The van der Waals surface area contributed by atoms with Crippen molar-refractivity contribution in [2.24, 2.45) is 0 Å². The fraction of sp³-hybridized carbons (Fsp3) is 0.125. The summed E-state index contributed by atoms with van der Waals surface area (Å²) in [5.74, 6) is 0.908. The van der Waals surface area contributed by atoms with Gasteiger partial charge in [0.05, 0.1) is 11.0 Å². The van der Waals surface area contributed by atoms with Crippen molar-refractivity contribution in [2.45, 2.75) is 59.1 Å². The molecule has 1 aromatic heterocycles. The van der Waals surface area contributed by atoms with Gasteiger partial charge in [-0.3, -0.25) is 4.21 Å². The van der Waals surface area contributed by atoms with E-state index in [4.69, 9.17) is 0 Å². The lowest BCUT2D eigenvalue weighted by Crippen LogP contribution is -2.29. The summed E-state index contributed by atoms with van der Waals surface area (Å²) in [5, 5.41) is 2.59.